The third kappa shape index (κ3) is 3.76. The Bertz CT molecular complexity index is 1080. The number of carbonyl (C=O) groups is 1. The van der Waals surface area contributed by atoms with E-state index in [4.69, 9.17) is 4.74 Å². The van der Waals surface area contributed by atoms with Crippen LogP contribution < -0.4 is 4.74 Å². The third-order valence-electron chi connectivity index (χ3n) is 5.33. The number of carboxylic acid groups (broad SMARTS) is 1. The van der Waals surface area contributed by atoms with Crippen LogP contribution in [-0.4, -0.2) is 34.2 Å². The van der Waals surface area contributed by atoms with Gasteiger partial charge in [-0.1, -0.05) is 6.07 Å². The fourth-order valence-electron chi connectivity index (χ4n) is 3.47. The van der Waals surface area contributed by atoms with Gasteiger partial charge in [-0.2, -0.15) is 13.2 Å². The van der Waals surface area contributed by atoms with Crippen molar-refractivity contribution in [2.75, 3.05) is 6.61 Å². The number of hydrogen-bond donors (Lipinski definition) is 1. The Labute approximate surface area is 163 Å². The normalized spacial score (nSPS) is 16.6. The van der Waals surface area contributed by atoms with E-state index in [9.17, 15) is 23.1 Å². The van der Waals surface area contributed by atoms with Crippen LogP contribution in [0.5, 0.6) is 5.75 Å². The Balaban J connectivity index is 1.82. The predicted octanol–water partition coefficient (Wildman–Crippen LogP) is 4.58. The van der Waals surface area contributed by atoms with E-state index in [0.29, 0.717) is 27.7 Å². The monoisotopic (exact) mass is 406 g/mol. The van der Waals surface area contributed by atoms with Crippen molar-refractivity contribution >= 4 is 17.0 Å². The summed E-state index contributed by atoms with van der Waals surface area (Å²) in [6.07, 6.45) is -3.00. The molecule has 1 atom stereocenters. The average Bonchev–Trinajstić information content (AvgIpc) is 3.42. The van der Waals surface area contributed by atoms with Gasteiger partial charge in [0.2, 0.25) is 0 Å². The highest BCUT2D eigenvalue weighted by Gasteiger charge is 2.49. The molecule has 1 N–H and O–H groups in total. The number of rotatable bonds is 6. The van der Waals surface area contributed by atoms with Crippen LogP contribution in [0, 0.1) is 5.92 Å². The molecule has 0 aliphatic heterocycles. The summed E-state index contributed by atoms with van der Waals surface area (Å²) in [4.78, 5) is 12.1. The molecule has 0 radical (unpaired) electrons. The molecule has 9 heteroatoms. The fourth-order valence-corrected chi connectivity index (χ4v) is 3.47. The summed E-state index contributed by atoms with van der Waals surface area (Å²) in [5.74, 6) is -1.13. The first-order chi connectivity index (χ1) is 13.7. The Hall–Kier alpha value is -3.10. The summed E-state index contributed by atoms with van der Waals surface area (Å²) in [5.41, 5.74) is 1.36. The van der Waals surface area contributed by atoms with Crippen LogP contribution in [0.1, 0.15) is 25.3 Å². The second kappa shape index (κ2) is 6.75. The quantitative estimate of drug-likeness (QED) is 0.645. The number of benzene rings is 2. The molecule has 29 heavy (non-hydrogen) atoms. The summed E-state index contributed by atoms with van der Waals surface area (Å²) in [6.45, 7) is 0.139. The number of fused-ring (bicyclic) bond motifs is 1. The zero-order valence-electron chi connectivity index (χ0n) is 15.4. The van der Waals surface area contributed by atoms with Crippen molar-refractivity contribution < 1.29 is 32.4 Å². The van der Waals surface area contributed by atoms with Crippen molar-refractivity contribution in [1.29, 1.82) is 0 Å². The Kier molecular flexibility index (Phi) is 4.48. The van der Waals surface area contributed by atoms with Gasteiger partial charge in [0.25, 0.3) is 0 Å². The molecule has 1 aliphatic carbocycles. The summed E-state index contributed by atoms with van der Waals surface area (Å²) in [5, 5.41) is 17.4. The molecule has 1 heterocycles. The molecule has 3 aromatic rings. The number of halogens is 3. The van der Waals surface area contributed by atoms with E-state index < -0.39 is 24.2 Å². The molecule has 0 bridgehead atoms. The van der Waals surface area contributed by atoms with Gasteiger partial charge in [-0.25, -0.2) is 4.63 Å². The van der Waals surface area contributed by atoms with Gasteiger partial charge in [0.1, 0.15) is 16.8 Å². The van der Waals surface area contributed by atoms with Crippen LogP contribution in [-0.2, 0) is 10.2 Å². The molecule has 4 rings (SSSR count). The van der Waals surface area contributed by atoms with E-state index in [-0.39, 0.29) is 11.7 Å². The number of ether oxygens (including phenoxy) is 1. The van der Waals surface area contributed by atoms with Gasteiger partial charge in [-0.3, -0.25) is 4.79 Å². The molecule has 0 amide bonds. The maximum absolute atomic E-state index is 12.7. The standard InChI is InChI=1S/C20H17F3N2O4/c1-19(18(26)27,13-3-4-13)14-6-12(7-15(9-14)28-10-20(21,22)23)11-2-5-16-17(8-11)25-29-24-16/h2,5-9,13H,3-4,10H2,1H3,(H,26,27)/t19-/m0/s1. The van der Waals surface area contributed by atoms with Crippen LogP contribution in [0.25, 0.3) is 22.2 Å². The van der Waals surface area contributed by atoms with Crippen molar-refractivity contribution in [2.24, 2.45) is 5.92 Å². The second-order valence-corrected chi connectivity index (χ2v) is 7.40. The highest BCUT2D eigenvalue weighted by molar-refractivity contribution is 5.85. The lowest BCUT2D eigenvalue weighted by Gasteiger charge is -2.26. The molecule has 152 valence electrons. The van der Waals surface area contributed by atoms with Gasteiger partial charge in [0.15, 0.2) is 6.61 Å². The number of carboxylic acids is 1. The number of hydrogen-bond acceptors (Lipinski definition) is 5. The predicted molar refractivity (Wildman–Crippen MR) is 96.5 cm³/mol. The lowest BCUT2D eigenvalue weighted by molar-refractivity contribution is -0.153. The van der Waals surface area contributed by atoms with Gasteiger partial charge in [-0.15, -0.1) is 0 Å². The molecule has 0 spiro atoms. The summed E-state index contributed by atoms with van der Waals surface area (Å²) in [6, 6.07) is 9.59. The van der Waals surface area contributed by atoms with Crippen LogP contribution in [0.15, 0.2) is 41.0 Å². The van der Waals surface area contributed by atoms with Crippen LogP contribution in [0.4, 0.5) is 13.2 Å². The lowest BCUT2D eigenvalue weighted by Crippen LogP contribution is -2.34. The minimum Gasteiger partial charge on any atom is -0.484 e. The molecule has 0 saturated heterocycles. The number of aromatic nitrogens is 2. The molecular weight excluding hydrogens is 389 g/mol. The maximum Gasteiger partial charge on any atom is 0.422 e. The molecule has 1 aromatic heterocycles. The van der Waals surface area contributed by atoms with E-state index in [1.54, 1.807) is 31.2 Å². The van der Waals surface area contributed by atoms with Gasteiger partial charge in [-0.05, 0) is 83.0 Å². The average molecular weight is 406 g/mol. The SMILES string of the molecule is C[C@@](C(=O)O)(c1cc(OCC(F)(F)F)cc(-c2ccc3nonc3c2)c1)C1CC1. The highest BCUT2D eigenvalue weighted by Crippen LogP contribution is 2.49. The molecule has 0 unspecified atom stereocenters. The highest BCUT2D eigenvalue weighted by atomic mass is 19.4. The molecule has 6 nitrogen and oxygen atoms in total. The molecule has 2 aromatic carbocycles. The Morgan fingerprint density at radius 3 is 2.52 bits per heavy atom. The van der Waals surface area contributed by atoms with E-state index in [1.807, 2.05) is 0 Å². The van der Waals surface area contributed by atoms with Crippen LogP contribution in [0.3, 0.4) is 0 Å². The largest absolute Gasteiger partial charge is 0.484 e. The van der Waals surface area contributed by atoms with Crippen molar-refractivity contribution in [3.63, 3.8) is 0 Å². The Morgan fingerprint density at radius 1 is 1.14 bits per heavy atom. The van der Waals surface area contributed by atoms with Gasteiger partial charge in [0.05, 0.1) is 5.41 Å². The minimum absolute atomic E-state index is 0.0404. The molecular formula is C20H17F3N2O4. The third-order valence-corrected chi connectivity index (χ3v) is 5.33. The van der Waals surface area contributed by atoms with Gasteiger partial charge < -0.3 is 9.84 Å². The first-order valence-corrected chi connectivity index (χ1v) is 8.98. The molecule has 1 saturated carbocycles. The summed E-state index contributed by atoms with van der Waals surface area (Å²) >= 11 is 0. The van der Waals surface area contributed by atoms with Crippen LogP contribution >= 0.6 is 0 Å². The minimum atomic E-state index is -4.51. The maximum atomic E-state index is 12.7. The zero-order valence-corrected chi connectivity index (χ0v) is 15.4. The number of nitrogens with zero attached hydrogens (tertiary/aromatic N) is 2. The van der Waals surface area contributed by atoms with E-state index in [1.165, 1.54) is 12.1 Å². The zero-order chi connectivity index (χ0) is 20.8. The Morgan fingerprint density at radius 2 is 1.86 bits per heavy atom. The van der Waals surface area contributed by atoms with Crippen molar-refractivity contribution in [3.05, 3.63) is 42.0 Å². The summed E-state index contributed by atoms with van der Waals surface area (Å²) < 4.78 is 47.6. The summed E-state index contributed by atoms with van der Waals surface area (Å²) in [7, 11) is 0. The fraction of sp³-hybridized carbons (Fsp3) is 0.350. The van der Waals surface area contributed by atoms with Crippen LogP contribution in [0.2, 0.25) is 0 Å². The topological polar surface area (TPSA) is 85.5 Å². The lowest BCUT2D eigenvalue weighted by atomic mass is 9.77. The van der Waals surface area contributed by atoms with Crippen molar-refractivity contribution in [1.82, 2.24) is 10.3 Å². The molecule has 1 aliphatic rings. The second-order valence-electron chi connectivity index (χ2n) is 7.40. The number of alkyl halides is 3. The first-order valence-electron chi connectivity index (χ1n) is 8.98. The van der Waals surface area contributed by atoms with E-state index in [2.05, 4.69) is 14.9 Å². The number of aliphatic carboxylic acids is 1. The van der Waals surface area contributed by atoms with E-state index >= 15 is 0 Å². The first kappa shape index (κ1) is 19.2. The van der Waals surface area contributed by atoms with E-state index in [0.717, 1.165) is 12.8 Å². The van der Waals surface area contributed by atoms with Crippen molar-refractivity contribution in [3.8, 4) is 16.9 Å². The molecule has 1 fully saturated rings. The van der Waals surface area contributed by atoms with Crippen molar-refractivity contribution in [2.45, 2.75) is 31.4 Å². The van der Waals surface area contributed by atoms with Gasteiger partial charge >= 0.3 is 12.1 Å². The smallest absolute Gasteiger partial charge is 0.422 e. The van der Waals surface area contributed by atoms with Gasteiger partial charge in [0, 0.05) is 0 Å².